The van der Waals surface area contributed by atoms with Gasteiger partial charge in [-0.1, -0.05) is 78.9 Å². The lowest BCUT2D eigenvalue weighted by Gasteiger charge is -2.23. The van der Waals surface area contributed by atoms with Gasteiger partial charge in [0.25, 0.3) is 5.91 Å². The largest absolute Gasteiger partial charge is 0.463 e. The minimum absolute atomic E-state index is 0.0864. The number of aromatic amines is 1. The smallest absolute Gasteiger partial charge is 0.330 e. The van der Waals surface area contributed by atoms with E-state index in [1.807, 2.05) is 78.9 Å². The molecule has 9 nitrogen and oxygen atoms in total. The molecule has 0 spiro atoms. The third-order valence-electron chi connectivity index (χ3n) is 7.70. The van der Waals surface area contributed by atoms with Gasteiger partial charge in [-0.15, -0.1) is 0 Å². The molecule has 1 aliphatic heterocycles. The number of nitrogens with one attached hydrogen (secondary N) is 4. The van der Waals surface area contributed by atoms with Gasteiger partial charge in [-0.25, -0.2) is 4.79 Å². The summed E-state index contributed by atoms with van der Waals surface area (Å²) < 4.78 is 5.00. The van der Waals surface area contributed by atoms with Crippen LogP contribution in [0.3, 0.4) is 0 Å². The molecule has 4 aromatic rings. The maximum atomic E-state index is 13.7. The molecule has 44 heavy (non-hydrogen) atoms. The second-order valence-electron chi connectivity index (χ2n) is 10.8. The van der Waals surface area contributed by atoms with Gasteiger partial charge in [0, 0.05) is 42.3 Å². The van der Waals surface area contributed by atoms with Gasteiger partial charge in [-0.3, -0.25) is 14.4 Å². The Morgan fingerprint density at radius 1 is 0.955 bits per heavy atom. The van der Waals surface area contributed by atoms with Crippen molar-refractivity contribution in [1.82, 2.24) is 20.9 Å². The van der Waals surface area contributed by atoms with Crippen molar-refractivity contribution in [1.29, 1.82) is 0 Å². The van der Waals surface area contributed by atoms with E-state index in [1.54, 1.807) is 19.1 Å². The van der Waals surface area contributed by atoms with Crippen molar-refractivity contribution in [3.8, 4) is 11.3 Å². The van der Waals surface area contributed by atoms with E-state index in [4.69, 9.17) is 4.74 Å². The number of amides is 3. The number of rotatable bonds is 12. The van der Waals surface area contributed by atoms with Gasteiger partial charge in [0.1, 0.15) is 11.7 Å². The van der Waals surface area contributed by atoms with Crippen LogP contribution in [0.5, 0.6) is 0 Å². The summed E-state index contributed by atoms with van der Waals surface area (Å²) in [7, 11) is 0. The van der Waals surface area contributed by atoms with Gasteiger partial charge < -0.3 is 25.7 Å². The van der Waals surface area contributed by atoms with Gasteiger partial charge in [-0.05, 0) is 48.2 Å². The molecule has 0 aliphatic carbocycles. The van der Waals surface area contributed by atoms with Gasteiger partial charge in [-0.2, -0.15) is 0 Å². The fourth-order valence-corrected chi connectivity index (χ4v) is 5.47. The van der Waals surface area contributed by atoms with Crippen LogP contribution in [0.1, 0.15) is 35.8 Å². The van der Waals surface area contributed by atoms with Crippen molar-refractivity contribution in [2.45, 2.75) is 38.3 Å². The van der Waals surface area contributed by atoms with E-state index in [0.717, 1.165) is 27.6 Å². The van der Waals surface area contributed by atoms with Gasteiger partial charge in [0.2, 0.25) is 11.8 Å². The first-order valence-electron chi connectivity index (χ1n) is 14.9. The first kappa shape index (κ1) is 30.3. The summed E-state index contributed by atoms with van der Waals surface area (Å²) in [6, 6.07) is 25.4. The van der Waals surface area contributed by atoms with E-state index >= 15 is 0 Å². The van der Waals surface area contributed by atoms with Gasteiger partial charge in [0.15, 0.2) is 0 Å². The number of carbonyl (C=O) groups excluding carboxylic acids is 4. The summed E-state index contributed by atoms with van der Waals surface area (Å²) in [5.74, 6) is -1.79. The third kappa shape index (κ3) is 7.60. The molecular formula is C35H36N4O5. The van der Waals surface area contributed by atoms with Crippen molar-refractivity contribution in [3.63, 3.8) is 0 Å². The molecule has 0 bridgehead atoms. The molecule has 1 fully saturated rings. The predicted octanol–water partition coefficient (Wildman–Crippen LogP) is 4.31. The molecule has 3 atom stereocenters. The zero-order valence-electron chi connectivity index (χ0n) is 24.5. The summed E-state index contributed by atoms with van der Waals surface area (Å²) in [6.07, 6.45) is 4.00. The van der Waals surface area contributed by atoms with Crippen LogP contribution in [0.2, 0.25) is 0 Å². The summed E-state index contributed by atoms with van der Waals surface area (Å²) >= 11 is 0. The van der Waals surface area contributed by atoms with E-state index < -0.39 is 29.9 Å². The zero-order chi connectivity index (χ0) is 30.9. The molecule has 1 aliphatic rings. The highest BCUT2D eigenvalue weighted by Gasteiger charge is 2.29. The molecule has 5 rings (SSSR count). The standard InChI is InChI=1S/C35H36N4O5/c1-2-44-32(40)18-15-26(22-25-19-20-36-33(25)41)37-35(43)31(21-23-9-4-3-5-10-23)39-34(42)30-17-16-29(38-30)28-14-8-12-24-11-6-7-13-27(24)28/h3-18,25-26,31,38H,2,19-22H2,1H3,(H,36,41)(H,37,43)(H,39,42)/b18-15+/t25-,26+,31-/m0/s1. The Morgan fingerprint density at radius 3 is 2.50 bits per heavy atom. The average molecular weight is 593 g/mol. The second kappa shape index (κ2) is 14.3. The molecule has 1 aromatic heterocycles. The molecule has 0 unspecified atom stereocenters. The first-order valence-corrected chi connectivity index (χ1v) is 14.9. The molecule has 3 amide bonds. The Kier molecular flexibility index (Phi) is 9.86. The Hall–Kier alpha value is -5.18. The minimum Gasteiger partial charge on any atom is -0.463 e. The number of hydrogen-bond donors (Lipinski definition) is 4. The molecule has 3 aromatic carbocycles. The van der Waals surface area contributed by atoms with Crippen molar-refractivity contribution in [3.05, 3.63) is 108 Å². The predicted molar refractivity (Wildman–Crippen MR) is 169 cm³/mol. The normalized spacial score (nSPS) is 15.9. The number of carbonyl (C=O) groups is 4. The third-order valence-corrected chi connectivity index (χ3v) is 7.70. The van der Waals surface area contributed by atoms with E-state index in [9.17, 15) is 19.2 Å². The maximum absolute atomic E-state index is 13.7. The Bertz CT molecular complexity index is 1660. The van der Waals surface area contributed by atoms with Crippen LogP contribution in [-0.2, 0) is 25.5 Å². The number of aromatic nitrogens is 1. The average Bonchev–Trinajstić information content (AvgIpc) is 3.69. The van der Waals surface area contributed by atoms with Crippen LogP contribution in [0, 0.1) is 5.92 Å². The molecule has 9 heteroatoms. The van der Waals surface area contributed by atoms with Crippen molar-refractivity contribution >= 4 is 34.5 Å². The molecule has 226 valence electrons. The SMILES string of the molecule is CCOC(=O)/C=C/[C@H](C[C@@H]1CCNC1=O)NC(=O)[C@H](Cc1ccccc1)NC(=O)c1ccc(-c2cccc3ccccc23)[nH]1. The number of ether oxygens (including phenoxy) is 1. The summed E-state index contributed by atoms with van der Waals surface area (Å²) in [5.41, 5.74) is 2.94. The maximum Gasteiger partial charge on any atom is 0.330 e. The van der Waals surface area contributed by atoms with Gasteiger partial charge in [0.05, 0.1) is 6.61 Å². The molecule has 4 N–H and O–H groups in total. The molecule has 0 saturated carbocycles. The van der Waals surface area contributed by atoms with Crippen molar-refractivity contribution in [2.24, 2.45) is 5.92 Å². The highest BCUT2D eigenvalue weighted by Crippen LogP contribution is 2.28. The number of esters is 1. The number of benzene rings is 3. The highest BCUT2D eigenvalue weighted by molar-refractivity contribution is 5.99. The number of fused-ring (bicyclic) bond motifs is 1. The van der Waals surface area contributed by atoms with Crippen LogP contribution in [-0.4, -0.2) is 53.9 Å². The van der Waals surface area contributed by atoms with Crippen molar-refractivity contribution < 1.29 is 23.9 Å². The van der Waals surface area contributed by atoms with Gasteiger partial charge >= 0.3 is 5.97 Å². The Morgan fingerprint density at radius 2 is 1.73 bits per heavy atom. The monoisotopic (exact) mass is 592 g/mol. The van der Waals surface area contributed by atoms with E-state index in [-0.39, 0.29) is 24.9 Å². The lowest BCUT2D eigenvalue weighted by Crippen LogP contribution is -2.51. The van der Waals surface area contributed by atoms with E-state index in [2.05, 4.69) is 20.9 Å². The van der Waals surface area contributed by atoms with Crippen LogP contribution in [0.25, 0.3) is 22.0 Å². The van der Waals surface area contributed by atoms with Crippen LogP contribution in [0.15, 0.2) is 97.1 Å². The molecule has 2 heterocycles. The van der Waals surface area contributed by atoms with E-state index in [1.165, 1.54) is 6.08 Å². The van der Waals surface area contributed by atoms with Crippen LogP contribution in [0.4, 0.5) is 0 Å². The number of H-pyrrole nitrogens is 1. The van der Waals surface area contributed by atoms with Crippen LogP contribution >= 0.6 is 0 Å². The summed E-state index contributed by atoms with van der Waals surface area (Å²) in [5, 5.41) is 10.8. The molecule has 0 radical (unpaired) electrons. The second-order valence-corrected chi connectivity index (χ2v) is 10.8. The molecule has 1 saturated heterocycles. The fraction of sp³-hybridized carbons (Fsp3) is 0.257. The van der Waals surface area contributed by atoms with Crippen LogP contribution < -0.4 is 16.0 Å². The number of hydrogen-bond acceptors (Lipinski definition) is 5. The Balaban J connectivity index is 1.36. The minimum atomic E-state index is -0.926. The Labute approximate surface area is 256 Å². The van der Waals surface area contributed by atoms with Crippen molar-refractivity contribution in [2.75, 3.05) is 13.2 Å². The molecular weight excluding hydrogens is 556 g/mol. The van der Waals surface area contributed by atoms with E-state index in [0.29, 0.717) is 25.1 Å². The summed E-state index contributed by atoms with van der Waals surface area (Å²) in [4.78, 5) is 54.8. The zero-order valence-corrected chi connectivity index (χ0v) is 24.5. The lowest BCUT2D eigenvalue weighted by atomic mass is 9.97. The fourth-order valence-electron chi connectivity index (χ4n) is 5.47. The topological polar surface area (TPSA) is 129 Å². The highest BCUT2D eigenvalue weighted by atomic mass is 16.5. The quantitative estimate of drug-likeness (QED) is 0.144. The first-order chi connectivity index (χ1) is 21.4. The lowest BCUT2D eigenvalue weighted by molar-refractivity contribution is -0.137. The summed E-state index contributed by atoms with van der Waals surface area (Å²) in [6.45, 7) is 2.49.